The van der Waals surface area contributed by atoms with E-state index in [1.54, 1.807) is 0 Å². The third kappa shape index (κ3) is 1.87. The molecule has 0 amide bonds. The van der Waals surface area contributed by atoms with Gasteiger partial charge >= 0.3 is 0 Å². The molecular formula is C10H19NO. The van der Waals surface area contributed by atoms with E-state index in [1.807, 2.05) is 0 Å². The van der Waals surface area contributed by atoms with Gasteiger partial charge < -0.3 is 5.11 Å². The molecule has 0 saturated carbocycles. The summed E-state index contributed by atoms with van der Waals surface area (Å²) in [6.45, 7) is 8.86. The molecule has 2 N–H and O–H groups in total. The number of aliphatic hydroxyl groups is 1. The molecule has 0 unspecified atom stereocenters. The number of nitrogens with one attached hydrogen (secondary N) is 1. The van der Waals surface area contributed by atoms with Crippen LogP contribution in [0.2, 0.25) is 0 Å². The summed E-state index contributed by atoms with van der Waals surface area (Å²) in [7, 11) is 0. The van der Waals surface area contributed by atoms with Crippen molar-refractivity contribution in [2.75, 3.05) is 6.61 Å². The van der Waals surface area contributed by atoms with Crippen molar-refractivity contribution in [2.45, 2.75) is 45.2 Å². The predicted molar refractivity (Wildman–Crippen MR) is 51.1 cm³/mol. The Bertz CT molecular complexity index is 204. The Hall–Kier alpha value is -0.340. The Morgan fingerprint density at radius 3 is 2.25 bits per heavy atom. The van der Waals surface area contributed by atoms with Crippen molar-refractivity contribution in [3.63, 3.8) is 0 Å². The van der Waals surface area contributed by atoms with E-state index in [-0.39, 0.29) is 17.7 Å². The van der Waals surface area contributed by atoms with Gasteiger partial charge in [-0.25, -0.2) is 0 Å². The van der Waals surface area contributed by atoms with Crippen LogP contribution in [-0.4, -0.2) is 22.8 Å². The Balaban J connectivity index is 2.81. The molecule has 70 valence electrons. The molecule has 0 spiro atoms. The second kappa shape index (κ2) is 2.86. The Kier molecular flexibility index (Phi) is 2.32. The molecule has 12 heavy (non-hydrogen) atoms. The lowest BCUT2D eigenvalue weighted by Crippen LogP contribution is -2.45. The summed E-state index contributed by atoms with van der Waals surface area (Å²) in [5, 5.41) is 12.4. The molecule has 0 aromatic heterocycles. The van der Waals surface area contributed by atoms with Crippen LogP contribution in [0.5, 0.6) is 0 Å². The SMILES string of the molecule is CC1(C)C=C(CCO)C(C)(C)N1. The third-order valence-electron chi connectivity index (χ3n) is 2.35. The molecule has 1 heterocycles. The van der Waals surface area contributed by atoms with Gasteiger partial charge in [0.15, 0.2) is 0 Å². The standard InChI is InChI=1S/C10H19NO/c1-9(2)7-8(5-6-12)10(3,4)11-9/h7,11-12H,5-6H2,1-4H3. The molecule has 0 bridgehead atoms. The van der Waals surface area contributed by atoms with Crippen LogP contribution in [0.1, 0.15) is 34.1 Å². The molecule has 0 fully saturated rings. The smallest absolute Gasteiger partial charge is 0.0468 e. The molecule has 0 aromatic rings. The topological polar surface area (TPSA) is 32.3 Å². The van der Waals surface area contributed by atoms with Gasteiger partial charge in [0.25, 0.3) is 0 Å². The van der Waals surface area contributed by atoms with E-state index in [9.17, 15) is 0 Å². The highest BCUT2D eigenvalue weighted by Crippen LogP contribution is 2.31. The highest BCUT2D eigenvalue weighted by Gasteiger charge is 2.35. The second-order valence-corrected chi connectivity index (χ2v) is 4.61. The van der Waals surface area contributed by atoms with Gasteiger partial charge in [-0.2, -0.15) is 0 Å². The maximum Gasteiger partial charge on any atom is 0.0468 e. The first kappa shape index (κ1) is 9.75. The van der Waals surface area contributed by atoms with Gasteiger partial charge in [0.2, 0.25) is 0 Å². The van der Waals surface area contributed by atoms with Crippen molar-refractivity contribution in [1.82, 2.24) is 5.32 Å². The number of rotatable bonds is 2. The highest BCUT2D eigenvalue weighted by atomic mass is 16.3. The van der Waals surface area contributed by atoms with Gasteiger partial charge in [0.1, 0.15) is 0 Å². The van der Waals surface area contributed by atoms with Crippen LogP contribution in [0, 0.1) is 0 Å². The summed E-state index contributed by atoms with van der Waals surface area (Å²) in [5.41, 5.74) is 1.44. The molecule has 2 nitrogen and oxygen atoms in total. The van der Waals surface area contributed by atoms with Crippen molar-refractivity contribution in [3.8, 4) is 0 Å². The first-order chi connectivity index (χ1) is 5.37. The van der Waals surface area contributed by atoms with Gasteiger partial charge in [0, 0.05) is 17.7 Å². The summed E-state index contributed by atoms with van der Waals surface area (Å²) >= 11 is 0. The molecule has 0 saturated heterocycles. The fraction of sp³-hybridized carbons (Fsp3) is 0.800. The third-order valence-corrected chi connectivity index (χ3v) is 2.35. The monoisotopic (exact) mass is 169 g/mol. The highest BCUT2D eigenvalue weighted by molar-refractivity contribution is 5.30. The van der Waals surface area contributed by atoms with E-state index in [0.29, 0.717) is 0 Å². The number of hydrogen-bond donors (Lipinski definition) is 2. The van der Waals surface area contributed by atoms with E-state index >= 15 is 0 Å². The van der Waals surface area contributed by atoms with Crippen molar-refractivity contribution >= 4 is 0 Å². The van der Waals surface area contributed by atoms with Crippen molar-refractivity contribution in [2.24, 2.45) is 0 Å². The summed E-state index contributed by atoms with van der Waals surface area (Å²) in [6.07, 6.45) is 3.01. The molecule has 0 aliphatic carbocycles. The van der Waals surface area contributed by atoms with Crippen LogP contribution >= 0.6 is 0 Å². The summed E-state index contributed by atoms with van der Waals surface area (Å²) < 4.78 is 0. The maximum atomic E-state index is 8.86. The summed E-state index contributed by atoms with van der Waals surface area (Å²) in [4.78, 5) is 0. The van der Waals surface area contributed by atoms with Crippen LogP contribution in [0.4, 0.5) is 0 Å². The second-order valence-electron chi connectivity index (χ2n) is 4.61. The minimum Gasteiger partial charge on any atom is -0.396 e. The van der Waals surface area contributed by atoms with Crippen LogP contribution < -0.4 is 5.32 Å². The zero-order chi connectivity index (χ0) is 9.41. The molecule has 2 heteroatoms. The molecular weight excluding hydrogens is 150 g/mol. The lowest BCUT2D eigenvalue weighted by molar-refractivity contribution is 0.289. The van der Waals surface area contributed by atoms with Crippen LogP contribution in [0.3, 0.4) is 0 Å². The molecule has 0 atom stereocenters. The van der Waals surface area contributed by atoms with Gasteiger partial charge in [-0.15, -0.1) is 0 Å². The van der Waals surface area contributed by atoms with E-state index in [4.69, 9.17) is 5.11 Å². The van der Waals surface area contributed by atoms with Crippen LogP contribution in [0.15, 0.2) is 11.6 Å². The van der Waals surface area contributed by atoms with Gasteiger partial charge in [-0.05, 0) is 34.1 Å². The lowest BCUT2D eigenvalue weighted by atomic mass is 9.94. The molecule has 1 rings (SSSR count). The average molecular weight is 169 g/mol. The first-order valence-corrected chi connectivity index (χ1v) is 4.50. The molecule has 1 aliphatic rings. The van der Waals surface area contributed by atoms with E-state index in [0.717, 1.165) is 6.42 Å². The van der Waals surface area contributed by atoms with Crippen molar-refractivity contribution in [3.05, 3.63) is 11.6 Å². The lowest BCUT2D eigenvalue weighted by Gasteiger charge is -2.28. The van der Waals surface area contributed by atoms with Gasteiger partial charge in [-0.1, -0.05) is 11.6 Å². The summed E-state index contributed by atoms with van der Waals surface area (Å²) in [6, 6.07) is 0. The zero-order valence-electron chi connectivity index (χ0n) is 8.44. The normalized spacial score (nSPS) is 25.6. The van der Waals surface area contributed by atoms with Crippen molar-refractivity contribution in [1.29, 1.82) is 0 Å². The van der Waals surface area contributed by atoms with Crippen LogP contribution in [-0.2, 0) is 0 Å². The summed E-state index contributed by atoms with van der Waals surface area (Å²) in [5.74, 6) is 0. The van der Waals surface area contributed by atoms with Crippen LogP contribution in [0.25, 0.3) is 0 Å². The minimum absolute atomic E-state index is 0.0478. The first-order valence-electron chi connectivity index (χ1n) is 4.50. The maximum absolute atomic E-state index is 8.86. The Labute approximate surface area is 74.7 Å². The van der Waals surface area contributed by atoms with Gasteiger partial charge in [0.05, 0.1) is 0 Å². The molecule has 1 aliphatic heterocycles. The quantitative estimate of drug-likeness (QED) is 0.613. The minimum atomic E-state index is 0.0478. The number of aliphatic hydroxyl groups excluding tert-OH is 1. The molecule has 0 radical (unpaired) electrons. The van der Waals surface area contributed by atoms with E-state index in [1.165, 1.54) is 5.57 Å². The largest absolute Gasteiger partial charge is 0.396 e. The Morgan fingerprint density at radius 1 is 1.33 bits per heavy atom. The molecule has 0 aromatic carbocycles. The zero-order valence-corrected chi connectivity index (χ0v) is 8.44. The van der Waals surface area contributed by atoms with E-state index < -0.39 is 0 Å². The predicted octanol–water partition coefficient (Wildman–Crippen LogP) is 1.46. The Morgan fingerprint density at radius 2 is 1.92 bits per heavy atom. The van der Waals surface area contributed by atoms with Gasteiger partial charge in [-0.3, -0.25) is 5.32 Å². The number of hydrogen-bond acceptors (Lipinski definition) is 2. The average Bonchev–Trinajstić information content (AvgIpc) is 2.01. The van der Waals surface area contributed by atoms with E-state index in [2.05, 4.69) is 39.1 Å². The fourth-order valence-electron chi connectivity index (χ4n) is 2.04. The van der Waals surface area contributed by atoms with Crippen molar-refractivity contribution < 1.29 is 5.11 Å². The fourth-order valence-corrected chi connectivity index (χ4v) is 2.04.